The second-order valence-electron chi connectivity index (χ2n) is 5.69. The maximum Gasteiger partial charge on any atom is -0.00153 e. The molecule has 0 saturated carbocycles. The number of nitrogens with one attached hydrogen (secondary N) is 1. The number of hydrogen-bond acceptors (Lipinski definition) is 1. The van der Waals surface area contributed by atoms with Crippen molar-refractivity contribution in [3.63, 3.8) is 0 Å². The molecule has 0 amide bonds. The normalized spacial score (nSPS) is 33.6. The highest BCUT2D eigenvalue weighted by molar-refractivity contribution is 4.88. The van der Waals surface area contributed by atoms with Crippen LogP contribution >= 0.6 is 0 Å². The Labute approximate surface area is 89.7 Å². The molecule has 1 N–H and O–H groups in total. The Bertz CT molecular complexity index is 163. The Kier molecular flexibility index (Phi) is 4.43. The Morgan fingerprint density at radius 2 is 2.14 bits per heavy atom. The number of piperidine rings is 1. The van der Waals surface area contributed by atoms with E-state index in [0.29, 0.717) is 5.41 Å². The SMILES string of the molecule is CCCC1CNCCC1(C)CC(C)C. The lowest BCUT2D eigenvalue weighted by Gasteiger charge is -2.43. The van der Waals surface area contributed by atoms with Crippen molar-refractivity contribution < 1.29 is 0 Å². The largest absolute Gasteiger partial charge is 0.316 e. The lowest BCUT2D eigenvalue weighted by molar-refractivity contribution is 0.0932. The van der Waals surface area contributed by atoms with Crippen LogP contribution in [0.3, 0.4) is 0 Å². The molecule has 0 bridgehead atoms. The minimum Gasteiger partial charge on any atom is -0.316 e. The predicted octanol–water partition coefficient (Wildman–Crippen LogP) is 3.45. The molecule has 0 radical (unpaired) electrons. The Hall–Kier alpha value is -0.0400. The first kappa shape index (κ1) is 12.0. The van der Waals surface area contributed by atoms with Crippen LogP contribution in [0, 0.1) is 17.3 Å². The first-order valence-electron chi connectivity index (χ1n) is 6.29. The second kappa shape index (κ2) is 5.16. The molecule has 0 spiro atoms. The van der Waals surface area contributed by atoms with Crippen LogP contribution < -0.4 is 5.32 Å². The van der Waals surface area contributed by atoms with Crippen molar-refractivity contribution >= 4 is 0 Å². The monoisotopic (exact) mass is 197 g/mol. The van der Waals surface area contributed by atoms with E-state index in [1.165, 1.54) is 38.8 Å². The van der Waals surface area contributed by atoms with Gasteiger partial charge in [0.15, 0.2) is 0 Å². The highest BCUT2D eigenvalue weighted by atomic mass is 14.9. The van der Waals surface area contributed by atoms with Gasteiger partial charge in [-0.05, 0) is 49.6 Å². The second-order valence-corrected chi connectivity index (χ2v) is 5.69. The molecule has 1 saturated heterocycles. The summed E-state index contributed by atoms with van der Waals surface area (Å²) in [6, 6.07) is 0. The van der Waals surface area contributed by atoms with Crippen LogP contribution in [0.2, 0.25) is 0 Å². The van der Waals surface area contributed by atoms with Gasteiger partial charge < -0.3 is 5.32 Å². The van der Waals surface area contributed by atoms with Crippen molar-refractivity contribution in [2.24, 2.45) is 17.3 Å². The Morgan fingerprint density at radius 3 is 2.71 bits per heavy atom. The van der Waals surface area contributed by atoms with Gasteiger partial charge in [0.05, 0.1) is 0 Å². The summed E-state index contributed by atoms with van der Waals surface area (Å²) in [5, 5.41) is 3.55. The van der Waals surface area contributed by atoms with Crippen LogP contribution in [0.5, 0.6) is 0 Å². The number of hydrogen-bond donors (Lipinski definition) is 1. The summed E-state index contributed by atoms with van der Waals surface area (Å²) in [6.07, 6.45) is 5.51. The molecule has 0 aromatic rings. The molecule has 0 aliphatic carbocycles. The molecule has 0 aromatic heterocycles. The summed E-state index contributed by atoms with van der Waals surface area (Å²) in [7, 11) is 0. The summed E-state index contributed by atoms with van der Waals surface area (Å²) < 4.78 is 0. The third-order valence-electron chi connectivity index (χ3n) is 3.76. The minimum atomic E-state index is 0.607. The molecule has 14 heavy (non-hydrogen) atoms. The summed E-state index contributed by atoms with van der Waals surface area (Å²) >= 11 is 0. The molecule has 1 heterocycles. The molecule has 1 heteroatoms. The summed E-state index contributed by atoms with van der Waals surface area (Å²) in [5.74, 6) is 1.75. The van der Waals surface area contributed by atoms with Crippen LogP contribution in [0.1, 0.15) is 53.4 Å². The van der Waals surface area contributed by atoms with Gasteiger partial charge in [-0.2, -0.15) is 0 Å². The Balaban J connectivity index is 2.59. The van der Waals surface area contributed by atoms with Crippen molar-refractivity contribution in [2.75, 3.05) is 13.1 Å². The number of rotatable bonds is 4. The summed E-state index contributed by atoms with van der Waals surface area (Å²) in [4.78, 5) is 0. The lowest BCUT2D eigenvalue weighted by atomic mass is 9.66. The van der Waals surface area contributed by atoms with Gasteiger partial charge >= 0.3 is 0 Å². The van der Waals surface area contributed by atoms with E-state index in [9.17, 15) is 0 Å². The predicted molar refractivity (Wildman–Crippen MR) is 63.4 cm³/mol. The molecular weight excluding hydrogens is 170 g/mol. The highest BCUT2D eigenvalue weighted by Crippen LogP contribution is 2.41. The third-order valence-corrected chi connectivity index (χ3v) is 3.76. The van der Waals surface area contributed by atoms with E-state index in [2.05, 4.69) is 33.0 Å². The molecule has 1 rings (SSSR count). The maximum atomic E-state index is 3.55. The van der Waals surface area contributed by atoms with Crippen LogP contribution in [0.25, 0.3) is 0 Å². The molecule has 2 atom stereocenters. The van der Waals surface area contributed by atoms with Gasteiger partial charge in [0.2, 0.25) is 0 Å². The third kappa shape index (κ3) is 2.98. The first-order valence-corrected chi connectivity index (χ1v) is 6.29. The van der Waals surface area contributed by atoms with Gasteiger partial charge in [0.1, 0.15) is 0 Å². The van der Waals surface area contributed by atoms with E-state index < -0.39 is 0 Å². The molecule has 1 aliphatic rings. The molecule has 0 aromatic carbocycles. The van der Waals surface area contributed by atoms with Gasteiger partial charge in [-0.25, -0.2) is 0 Å². The van der Waals surface area contributed by atoms with Gasteiger partial charge in [0.25, 0.3) is 0 Å². The molecule has 1 fully saturated rings. The zero-order valence-corrected chi connectivity index (χ0v) is 10.4. The quantitative estimate of drug-likeness (QED) is 0.728. The van der Waals surface area contributed by atoms with Gasteiger partial charge in [-0.3, -0.25) is 0 Å². The highest BCUT2D eigenvalue weighted by Gasteiger charge is 2.35. The average molecular weight is 197 g/mol. The smallest absolute Gasteiger partial charge is 0.00153 e. The minimum absolute atomic E-state index is 0.607. The fourth-order valence-electron chi connectivity index (χ4n) is 3.10. The molecule has 84 valence electrons. The van der Waals surface area contributed by atoms with Gasteiger partial charge in [0, 0.05) is 0 Å². The standard InChI is InChI=1S/C13H27N/c1-5-6-12-10-14-8-7-13(12,4)9-11(2)3/h11-12,14H,5-10H2,1-4H3. The first-order chi connectivity index (χ1) is 6.58. The molecule has 1 nitrogen and oxygen atoms in total. The van der Waals surface area contributed by atoms with E-state index in [4.69, 9.17) is 0 Å². The summed E-state index contributed by atoms with van der Waals surface area (Å²) in [5.41, 5.74) is 0.607. The zero-order valence-electron chi connectivity index (χ0n) is 10.4. The fourth-order valence-corrected chi connectivity index (χ4v) is 3.10. The molecule has 1 aliphatic heterocycles. The van der Waals surface area contributed by atoms with Crippen molar-refractivity contribution in [1.29, 1.82) is 0 Å². The van der Waals surface area contributed by atoms with Crippen molar-refractivity contribution in [2.45, 2.75) is 53.4 Å². The lowest BCUT2D eigenvalue weighted by Crippen LogP contribution is -2.44. The van der Waals surface area contributed by atoms with Gasteiger partial charge in [-0.15, -0.1) is 0 Å². The zero-order chi connectivity index (χ0) is 10.6. The average Bonchev–Trinajstić information content (AvgIpc) is 2.08. The molecule has 2 unspecified atom stereocenters. The topological polar surface area (TPSA) is 12.0 Å². The van der Waals surface area contributed by atoms with Crippen LogP contribution in [0.4, 0.5) is 0 Å². The Morgan fingerprint density at radius 1 is 1.43 bits per heavy atom. The fraction of sp³-hybridized carbons (Fsp3) is 1.00. The van der Waals surface area contributed by atoms with E-state index in [1.807, 2.05) is 0 Å². The summed E-state index contributed by atoms with van der Waals surface area (Å²) in [6.45, 7) is 12.0. The van der Waals surface area contributed by atoms with E-state index in [1.54, 1.807) is 0 Å². The van der Waals surface area contributed by atoms with Crippen molar-refractivity contribution in [3.8, 4) is 0 Å². The van der Waals surface area contributed by atoms with Gasteiger partial charge in [-0.1, -0.05) is 34.1 Å². The van der Waals surface area contributed by atoms with Crippen LogP contribution in [-0.2, 0) is 0 Å². The maximum absolute atomic E-state index is 3.55. The van der Waals surface area contributed by atoms with Crippen molar-refractivity contribution in [3.05, 3.63) is 0 Å². The van der Waals surface area contributed by atoms with E-state index >= 15 is 0 Å². The van der Waals surface area contributed by atoms with E-state index in [-0.39, 0.29) is 0 Å². The van der Waals surface area contributed by atoms with Crippen LogP contribution in [-0.4, -0.2) is 13.1 Å². The van der Waals surface area contributed by atoms with Crippen molar-refractivity contribution in [1.82, 2.24) is 5.32 Å². The van der Waals surface area contributed by atoms with Crippen LogP contribution in [0.15, 0.2) is 0 Å². The molecular formula is C13H27N. The van der Waals surface area contributed by atoms with E-state index in [0.717, 1.165) is 11.8 Å².